The van der Waals surface area contributed by atoms with Gasteiger partial charge in [-0.2, -0.15) is 4.31 Å². The van der Waals surface area contributed by atoms with Crippen LogP contribution in [0.5, 0.6) is 5.75 Å². The van der Waals surface area contributed by atoms with E-state index in [1.54, 1.807) is 24.3 Å². The third-order valence-electron chi connectivity index (χ3n) is 7.55. The van der Waals surface area contributed by atoms with E-state index in [9.17, 15) is 27.6 Å². The van der Waals surface area contributed by atoms with Crippen LogP contribution in [0.15, 0.2) is 53.4 Å². The van der Waals surface area contributed by atoms with Crippen molar-refractivity contribution in [2.75, 3.05) is 40.0 Å². The third-order valence-corrected chi connectivity index (χ3v) is 10.4. The molecule has 2 saturated heterocycles. The smallest absolute Gasteiger partial charge is 0.407 e. The van der Waals surface area contributed by atoms with Crippen LogP contribution in [0.1, 0.15) is 32.3 Å². The van der Waals surface area contributed by atoms with Crippen LogP contribution < -0.4 is 20.7 Å². The molecule has 0 aromatic heterocycles. The summed E-state index contributed by atoms with van der Waals surface area (Å²) >= 11 is 0. The topological polar surface area (TPSA) is 173 Å². The molecular formula is C29H42N3O10PS. The summed E-state index contributed by atoms with van der Waals surface area (Å²) < 4.78 is 62.1. The van der Waals surface area contributed by atoms with Crippen molar-refractivity contribution >= 4 is 29.0 Å². The van der Waals surface area contributed by atoms with Gasteiger partial charge in [-0.3, -0.25) is 4.57 Å². The molecule has 2 heterocycles. The number of nitrogens with zero attached hydrogens (tertiary/aromatic N) is 1. The van der Waals surface area contributed by atoms with Crippen LogP contribution in [0.3, 0.4) is 0 Å². The molecule has 0 radical (unpaired) electrons. The summed E-state index contributed by atoms with van der Waals surface area (Å²) in [6.45, 7) is 5.73. The predicted octanol–water partition coefficient (Wildman–Crippen LogP) is 2.18. The fraction of sp³-hybridized carbons (Fsp3) is 0.552. The van der Waals surface area contributed by atoms with E-state index in [-0.39, 0.29) is 61.0 Å². The van der Waals surface area contributed by atoms with Crippen molar-refractivity contribution in [3.63, 3.8) is 0 Å². The fourth-order valence-corrected chi connectivity index (χ4v) is 7.38. The standard InChI is InChI=1S/C29H42N3O10PS/c1-20(2)18-32(44(37,38)25-10-6-23(39-3)7-11-25)14-12-22(17-30-16-21-4-8-24(9-5-21)43(34,35)36)31-29(33)42-27-19-41-28-26(27)13-15-40-28/h4-11,20,22,26-28,30H,12-19H2,1-3H3,(H,31,33)(H2,34,35,36)/t22-,26+,27+,28-/m1/s1. The van der Waals surface area contributed by atoms with Gasteiger partial charge in [0.25, 0.3) is 0 Å². The molecule has 44 heavy (non-hydrogen) atoms. The molecule has 2 aromatic carbocycles. The molecular weight excluding hydrogens is 613 g/mol. The minimum absolute atomic E-state index is 0.0235. The van der Waals surface area contributed by atoms with Crippen molar-refractivity contribution in [3.8, 4) is 5.75 Å². The number of rotatable bonds is 15. The van der Waals surface area contributed by atoms with Gasteiger partial charge < -0.3 is 39.4 Å². The second-order valence-corrected chi connectivity index (χ2v) is 14.9. The van der Waals surface area contributed by atoms with Crippen molar-refractivity contribution in [1.29, 1.82) is 0 Å². The van der Waals surface area contributed by atoms with Gasteiger partial charge in [-0.25, -0.2) is 13.2 Å². The first-order valence-electron chi connectivity index (χ1n) is 14.6. The number of nitrogens with one attached hydrogen (secondary N) is 2. The number of fused-ring (bicyclic) bond motifs is 1. The maximum absolute atomic E-state index is 13.6. The highest BCUT2D eigenvalue weighted by Gasteiger charge is 2.44. The van der Waals surface area contributed by atoms with Gasteiger partial charge in [0.15, 0.2) is 6.29 Å². The van der Waals surface area contributed by atoms with Gasteiger partial charge in [0, 0.05) is 32.2 Å². The monoisotopic (exact) mass is 655 g/mol. The van der Waals surface area contributed by atoms with E-state index >= 15 is 0 Å². The van der Waals surface area contributed by atoms with Crippen LogP contribution in [0.4, 0.5) is 4.79 Å². The van der Waals surface area contributed by atoms with Crippen LogP contribution in [-0.2, 0) is 35.3 Å². The SMILES string of the molecule is COc1ccc(S(=O)(=O)N(CC[C@H](CNCc2ccc(P(=O)(O)O)cc2)NC(=O)O[C@H]2CO[C@H]3OCC[C@H]32)CC(C)C)cc1. The average molecular weight is 656 g/mol. The molecule has 1 amide bonds. The summed E-state index contributed by atoms with van der Waals surface area (Å²) in [5.74, 6) is 0.579. The largest absolute Gasteiger partial charge is 0.497 e. The zero-order valence-electron chi connectivity index (χ0n) is 25.1. The van der Waals surface area contributed by atoms with Crippen molar-refractivity contribution in [2.45, 2.75) is 56.6 Å². The number of ether oxygens (including phenoxy) is 4. The number of amides is 1. The molecule has 13 nitrogen and oxygen atoms in total. The predicted molar refractivity (Wildman–Crippen MR) is 162 cm³/mol. The van der Waals surface area contributed by atoms with Gasteiger partial charge in [-0.1, -0.05) is 26.0 Å². The van der Waals surface area contributed by atoms with Gasteiger partial charge in [-0.15, -0.1) is 0 Å². The number of alkyl carbamates (subject to hydrolysis) is 1. The first-order chi connectivity index (χ1) is 20.9. The molecule has 0 unspecified atom stereocenters. The molecule has 2 aromatic rings. The van der Waals surface area contributed by atoms with Crippen LogP contribution in [0, 0.1) is 11.8 Å². The Balaban J connectivity index is 1.43. The van der Waals surface area contributed by atoms with Crippen LogP contribution in [0.25, 0.3) is 0 Å². The molecule has 4 atom stereocenters. The molecule has 15 heteroatoms. The van der Waals surface area contributed by atoms with E-state index in [0.29, 0.717) is 18.9 Å². The van der Waals surface area contributed by atoms with E-state index < -0.39 is 35.9 Å². The zero-order chi connectivity index (χ0) is 31.9. The maximum Gasteiger partial charge on any atom is 0.407 e. The molecule has 4 rings (SSSR count). The minimum Gasteiger partial charge on any atom is -0.497 e. The van der Waals surface area contributed by atoms with Crippen LogP contribution in [-0.4, -0.2) is 87.0 Å². The van der Waals surface area contributed by atoms with Crippen molar-refractivity contribution in [1.82, 2.24) is 14.9 Å². The molecule has 0 aliphatic carbocycles. The highest BCUT2D eigenvalue weighted by atomic mass is 32.2. The molecule has 0 spiro atoms. The summed E-state index contributed by atoms with van der Waals surface area (Å²) in [6.07, 6.45) is -0.400. The first kappa shape index (κ1) is 34.3. The fourth-order valence-electron chi connectivity index (χ4n) is 5.22. The third kappa shape index (κ3) is 9.24. The Hall–Kier alpha value is -2.55. The Bertz CT molecular complexity index is 1390. The average Bonchev–Trinajstić information content (AvgIpc) is 3.60. The summed E-state index contributed by atoms with van der Waals surface area (Å²) in [4.78, 5) is 31.8. The summed E-state index contributed by atoms with van der Waals surface area (Å²) in [5.41, 5.74) is 0.780. The summed E-state index contributed by atoms with van der Waals surface area (Å²) in [5, 5.41) is 6.07. The Morgan fingerprint density at radius 2 is 1.82 bits per heavy atom. The molecule has 0 bridgehead atoms. The molecule has 2 aliphatic rings. The lowest BCUT2D eigenvalue weighted by molar-refractivity contribution is -0.0907. The molecule has 244 valence electrons. The van der Waals surface area contributed by atoms with E-state index in [1.807, 2.05) is 13.8 Å². The van der Waals surface area contributed by atoms with Crippen LogP contribution >= 0.6 is 7.60 Å². The normalized spacial score (nSPS) is 20.9. The number of hydrogen-bond donors (Lipinski definition) is 4. The number of benzene rings is 2. The zero-order valence-corrected chi connectivity index (χ0v) is 26.8. The van der Waals surface area contributed by atoms with E-state index in [1.165, 1.54) is 35.7 Å². The number of methoxy groups -OCH3 is 1. The van der Waals surface area contributed by atoms with Gasteiger partial charge in [0.2, 0.25) is 10.0 Å². The van der Waals surface area contributed by atoms with Crippen molar-refractivity contribution < 1.29 is 46.5 Å². The maximum atomic E-state index is 13.6. The Morgan fingerprint density at radius 1 is 1.11 bits per heavy atom. The van der Waals surface area contributed by atoms with Gasteiger partial charge in [-0.05, 0) is 60.7 Å². The highest BCUT2D eigenvalue weighted by molar-refractivity contribution is 7.89. The molecule has 2 fully saturated rings. The number of carbonyl (C=O) groups is 1. The first-order valence-corrected chi connectivity index (χ1v) is 17.6. The van der Waals surface area contributed by atoms with Gasteiger partial charge in [0.05, 0.1) is 36.4 Å². The molecule has 0 saturated carbocycles. The summed E-state index contributed by atoms with van der Waals surface area (Å²) in [7, 11) is -6.67. The quantitative estimate of drug-likeness (QED) is 0.207. The van der Waals surface area contributed by atoms with Gasteiger partial charge >= 0.3 is 13.7 Å². The number of sulfonamides is 1. The van der Waals surface area contributed by atoms with Crippen molar-refractivity contribution in [2.24, 2.45) is 11.8 Å². The molecule has 2 aliphatic heterocycles. The van der Waals surface area contributed by atoms with Crippen LogP contribution in [0.2, 0.25) is 0 Å². The number of hydrogen-bond acceptors (Lipinski definition) is 9. The lowest BCUT2D eigenvalue weighted by Crippen LogP contribution is -2.46. The lowest BCUT2D eigenvalue weighted by atomic mass is 10.0. The van der Waals surface area contributed by atoms with Gasteiger partial charge in [0.1, 0.15) is 11.9 Å². The van der Waals surface area contributed by atoms with E-state index in [0.717, 1.165) is 12.0 Å². The number of carbonyl (C=O) groups excluding carboxylic acids is 1. The second kappa shape index (κ2) is 15.2. The Morgan fingerprint density at radius 3 is 2.45 bits per heavy atom. The molecule has 4 N–H and O–H groups in total. The van der Waals surface area contributed by atoms with Crippen molar-refractivity contribution in [3.05, 3.63) is 54.1 Å². The second-order valence-electron chi connectivity index (χ2n) is 11.4. The lowest BCUT2D eigenvalue weighted by Gasteiger charge is -2.27. The summed E-state index contributed by atoms with van der Waals surface area (Å²) in [6, 6.07) is 11.7. The Labute approximate surface area is 258 Å². The highest BCUT2D eigenvalue weighted by Crippen LogP contribution is 2.33. The van der Waals surface area contributed by atoms with E-state index in [4.69, 9.17) is 18.9 Å². The Kier molecular flexibility index (Phi) is 11.8. The van der Waals surface area contributed by atoms with E-state index in [2.05, 4.69) is 10.6 Å². The minimum atomic E-state index is -4.34.